The van der Waals surface area contributed by atoms with Crippen LogP contribution < -0.4 is 17.2 Å². The van der Waals surface area contributed by atoms with E-state index in [0.29, 0.717) is 0 Å². The molecule has 10 nitrogen and oxygen atoms in total. The van der Waals surface area contributed by atoms with Crippen LogP contribution in [-0.4, -0.2) is 32.5 Å². The van der Waals surface area contributed by atoms with Gasteiger partial charge in [0.25, 0.3) is 0 Å². The molecule has 1 aromatic rings. The van der Waals surface area contributed by atoms with Gasteiger partial charge in [-0.05, 0) is 0 Å². The Morgan fingerprint density at radius 3 is 1.14 bits per heavy atom. The molecule has 11 heteroatoms. The number of nitrogen functional groups attached to an aromatic ring is 3. The van der Waals surface area contributed by atoms with E-state index in [1.54, 1.807) is 0 Å². The Morgan fingerprint density at radius 2 is 1.00 bits per heavy atom. The van der Waals surface area contributed by atoms with Crippen molar-refractivity contribution in [1.29, 1.82) is 0 Å². The number of nitrogens with zero attached hydrogens (tertiary/aromatic N) is 3. The van der Waals surface area contributed by atoms with E-state index in [2.05, 4.69) is 15.0 Å². The fourth-order valence-corrected chi connectivity index (χ4v) is 0.427. The van der Waals surface area contributed by atoms with Gasteiger partial charge in [0, 0.05) is 0 Å². The van der Waals surface area contributed by atoms with Crippen LogP contribution >= 0.6 is 0 Å². The molecule has 0 atom stereocenters. The molecule has 0 unspecified atom stereocenters. The summed E-state index contributed by atoms with van der Waals surface area (Å²) in [6.45, 7) is 0. The predicted molar refractivity (Wildman–Crippen MR) is 47.2 cm³/mol. The number of nitrogens with two attached hydrogens (primary N) is 3. The Kier molecular flexibility index (Phi) is 3.95. The minimum atomic E-state index is -4.67. The maximum Gasteiger partial charge on any atom is 0.394 e. The van der Waals surface area contributed by atoms with Gasteiger partial charge in [0.2, 0.25) is 17.8 Å². The average Bonchev–Trinajstić information content (AvgIpc) is 1.77. The molecule has 0 aromatic carbocycles. The molecule has 0 saturated carbocycles. The highest BCUT2D eigenvalue weighted by Gasteiger charge is 1.93. The smallest absolute Gasteiger partial charge is 0.368 e. The van der Waals surface area contributed by atoms with E-state index in [9.17, 15) is 0 Å². The summed E-state index contributed by atoms with van der Waals surface area (Å²) >= 11 is 0. The van der Waals surface area contributed by atoms with Crippen LogP contribution in [0, 0.1) is 0 Å². The molecule has 0 fully saturated rings. The predicted octanol–water partition coefficient (Wildman–Crippen LogP) is -2.03. The average molecular weight is 224 g/mol. The second-order valence-electron chi connectivity index (χ2n) is 1.86. The lowest BCUT2D eigenvalue weighted by atomic mass is 10.9. The highest BCUT2D eigenvalue weighted by atomic mass is 32.3. The lowest BCUT2D eigenvalue weighted by Gasteiger charge is -1.93. The van der Waals surface area contributed by atoms with E-state index in [-0.39, 0.29) is 17.8 Å². The second kappa shape index (κ2) is 4.50. The van der Waals surface area contributed by atoms with Crippen LogP contribution in [0.4, 0.5) is 17.8 Å². The highest BCUT2D eigenvalue weighted by Crippen LogP contribution is 1.97. The summed E-state index contributed by atoms with van der Waals surface area (Å²) < 4.78 is 31.6. The van der Waals surface area contributed by atoms with Crippen molar-refractivity contribution >= 4 is 28.2 Å². The summed E-state index contributed by atoms with van der Waals surface area (Å²) in [5, 5.41) is 0. The van der Waals surface area contributed by atoms with Crippen LogP contribution in [0.5, 0.6) is 0 Å². The van der Waals surface area contributed by atoms with Gasteiger partial charge < -0.3 is 17.2 Å². The first-order chi connectivity index (χ1) is 6.18. The zero-order valence-electron chi connectivity index (χ0n) is 6.69. The maximum atomic E-state index is 8.74. The summed E-state index contributed by atoms with van der Waals surface area (Å²) in [4.78, 5) is 10.5. The summed E-state index contributed by atoms with van der Waals surface area (Å²) in [6, 6.07) is 0. The molecule has 14 heavy (non-hydrogen) atoms. The first kappa shape index (κ1) is 12.3. The normalized spacial score (nSPS) is 10.1. The van der Waals surface area contributed by atoms with Gasteiger partial charge in [-0.1, -0.05) is 0 Å². The van der Waals surface area contributed by atoms with E-state index in [1.165, 1.54) is 0 Å². The van der Waals surface area contributed by atoms with Gasteiger partial charge in [0.1, 0.15) is 0 Å². The van der Waals surface area contributed by atoms with Crippen LogP contribution in [-0.2, 0) is 10.4 Å². The Balaban J connectivity index is 0.000000292. The number of hydrogen-bond donors (Lipinski definition) is 5. The topological polar surface area (TPSA) is 191 Å². The molecule has 8 N–H and O–H groups in total. The molecule has 1 heterocycles. The second-order valence-corrected chi connectivity index (χ2v) is 2.75. The Bertz CT molecular complexity index is 345. The summed E-state index contributed by atoms with van der Waals surface area (Å²) in [7, 11) is -4.67. The number of rotatable bonds is 0. The fourth-order valence-electron chi connectivity index (χ4n) is 0.427. The molecular weight excluding hydrogens is 216 g/mol. The third-order valence-electron chi connectivity index (χ3n) is 0.687. The molecule has 0 aliphatic carbocycles. The largest absolute Gasteiger partial charge is 0.394 e. The van der Waals surface area contributed by atoms with Crippen LogP contribution in [0.1, 0.15) is 0 Å². The SMILES string of the molecule is Nc1nc(N)nc(N)n1.O=S(=O)(O)O. The summed E-state index contributed by atoms with van der Waals surface area (Å²) in [6.07, 6.45) is 0. The standard InChI is InChI=1S/C3H6N6.H2O4S/c4-1-7-2(5)9-3(6)8-1;1-5(2,3)4/h(H6,4,5,6,7,8,9);(H2,1,2,3,4). The van der Waals surface area contributed by atoms with Crippen LogP contribution in [0.2, 0.25) is 0 Å². The van der Waals surface area contributed by atoms with Crippen LogP contribution in [0.3, 0.4) is 0 Å². The number of anilines is 3. The molecule has 0 amide bonds. The van der Waals surface area contributed by atoms with Gasteiger partial charge in [0.05, 0.1) is 0 Å². The zero-order chi connectivity index (χ0) is 11.4. The van der Waals surface area contributed by atoms with Crippen molar-refractivity contribution < 1.29 is 17.5 Å². The summed E-state index contributed by atoms with van der Waals surface area (Å²) in [5.41, 5.74) is 15.4. The van der Waals surface area contributed by atoms with Gasteiger partial charge in [-0.2, -0.15) is 23.4 Å². The molecule has 0 spiro atoms. The van der Waals surface area contributed by atoms with Crippen molar-refractivity contribution in [3.05, 3.63) is 0 Å². The molecule has 0 bridgehead atoms. The number of hydrogen-bond acceptors (Lipinski definition) is 8. The molecule has 1 aromatic heterocycles. The molecule has 0 saturated heterocycles. The first-order valence-electron chi connectivity index (χ1n) is 2.91. The maximum absolute atomic E-state index is 8.74. The summed E-state index contributed by atoms with van der Waals surface area (Å²) in [5.74, 6) is 0.125. The van der Waals surface area contributed by atoms with Gasteiger partial charge in [-0.3, -0.25) is 9.11 Å². The Labute approximate surface area is 78.7 Å². The van der Waals surface area contributed by atoms with E-state index in [0.717, 1.165) is 0 Å². The molecule has 1 rings (SSSR count). The lowest BCUT2D eigenvalue weighted by Crippen LogP contribution is -2.05. The van der Waals surface area contributed by atoms with Crippen molar-refractivity contribution in [3.8, 4) is 0 Å². The van der Waals surface area contributed by atoms with Crippen molar-refractivity contribution in [2.75, 3.05) is 17.2 Å². The van der Waals surface area contributed by atoms with Crippen molar-refractivity contribution in [3.63, 3.8) is 0 Å². The zero-order valence-corrected chi connectivity index (χ0v) is 7.51. The quantitative estimate of drug-likeness (QED) is 0.306. The minimum absolute atomic E-state index is 0.0417. The van der Waals surface area contributed by atoms with Crippen molar-refractivity contribution in [2.45, 2.75) is 0 Å². The van der Waals surface area contributed by atoms with E-state index in [4.69, 9.17) is 34.7 Å². The third-order valence-corrected chi connectivity index (χ3v) is 0.687. The Morgan fingerprint density at radius 1 is 0.857 bits per heavy atom. The molecule has 0 radical (unpaired) electrons. The molecule has 0 aliphatic heterocycles. The van der Waals surface area contributed by atoms with Gasteiger partial charge in [-0.25, -0.2) is 0 Å². The molecule has 0 aliphatic rings. The van der Waals surface area contributed by atoms with Gasteiger partial charge in [-0.15, -0.1) is 0 Å². The molecule has 80 valence electrons. The Hall–Kier alpha value is -1.72. The van der Waals surface area contributed by atoms with E-state index >= 15 is 0 Å². The van der Waals surface area contributed by atoms with E-state index in [1.807, 2.05) is 0 Å². The van der Waals surface area contributed by atoms with Crippen LogP contribution in [0.25, 0.3) is 0 Å². The lowest BCUT2D eigenvalue weighted by molar-refractivity contribution is 0.381. The number of aromatic nitrogens is 3. The van der Waals surface area contributed by atoms with E-state index < -0.39 is 10.4 Å². The minimum Gasteiger partial charge on any atom is -0.368 e. The highest BCUT2D eigenvalue weighted by molar-refractivity contribution is 7.79. The molecular formula is C3H8N6O4S. The first-order valence-corrected chi connectivity index (χ1v) is 4.30. The fraction of sp³-hybridized carbons (Fsp3) is 0. The van der Waals surface area contributed by atoms with Gasteiger partial charge in [0.15, 0.2) is 0 Å². The van der Waals surface area contributed by atoms with Crippen molar-refractivity contribution in [2.24, 2.45) is 0 Å². The van der Waals surface area contributed by atoms with Crippen molar-refractivity contribution in [1.82, 2.24) is 15.0 Å². The van der Waals surface area contributed by atoms with Gasteiger partial charge >= 0.3 is 10.4 Å². The monoisotopic (exact) mass is 224 g/mol. The van der Waals surface area contributed by atoms with Crippen LogP contribution in [0.15, 0.2) is 0 Å². The third kappa shape index (κ3) is 8.38.